The van der Waals surface area contributed by atoms with Crippen molar-refractivity contribution >= 4 is 28.6 Å². The highest BCUT2D eigenvalue weighted by atomic mass is 16.4. The Morgan fingerprint density at radius 1 is 1.29 bits per heavy atom. The fourth-order valence-electron chi connectivity index (χ4n) is 4.82. The van der Waals surface area contributed by atoms with E-state index in [-0.39, 0.29) is 0 Å². The lowest BCUT2D eigenvalue weighted by molar-refractivity contribution is -0.138. The van der Waals surface area contributed by atoms with Crippen LogP contribution in [0.1, 0.15) is 49.8 Å². The number of aromatic nitrogens is 5. The summed E-state index contributed by atoms with van der Waals surface area (Å²) in [5.74, 6) is 0.649. The topological polar surface area (TPSA) is 121 Å². The van der Waals surface area contributed by atoms with Crippen molar-refractivity contribution in [1.82, 2.24) is 29.6 Å². The second kappa shape index (κ2) is 10.6. The quantitative estimate of drug-likeness (QED) is 0.337. The summed E-state index contributed by atoms with van der Waals surface area (Å²) < 4.78 is 1.66. The Morgan fingerprint density at radius 3 is 3.00 bits per heavy atom. The van der Waals surface area contributed by atoms with Gasteiger partial charge in [-0.1, -0.05) is 6.07 Å². The molecule has 0 amide bonds. The third-order valence-electron chi connectivity index (χ3n) is 6.87. The third-order valence-corrected chi connectivity index (χ3v) is 6.87. The number of anilines is 2. The summed E-state index contributed by atoms with van der Waals surface area (Å²) in [7, 11) is 1.81. The number of pyridine rings is 1. The smallest absolute Gasteiger partial charge is 0.326 e. The molecule has 1 fully saturated rings. The standard InChI is InChI=1S/C25H34N8O2/c1-32-15-21-22(31-32)24(28-16-27-21)30-20(25(34)35)11-14-33(19-9-10-19)13-3-2-6-18-8-7-17-5-4-12-26-23(17)29-18/h7-8,15-16,19-20H,2-6,9-14H2,1H3,(H,26,29)(H,34,35)(H,27,28,30). The zero-order valence-electron chi connectivity index (χ0n) is 20.3. The van der Waals surface area contributed by atoms with Crippen LogP contribution in [0.2, 0.25) is 0 Å². The van der Waals surface area contributed by atoms with Gasteiger partial charge in [0.05, 0.1) is 6.20 Å². The van der Waals surface area contributed by atoms with Crippen molar-refractivity contribution < 1.29 is 9.90 Å². The molecule has 0 aromatic carbocycles. The average molecular weight is 479 g/mol. The zero-order valence-corrected chi connectivity index (χ0v) is 20.3. The Balaban J connectivity index is 1.13. The second-order valence-corrected chi connectivity index (χ2v) is 9.65. The van der Waals surface area contributed by atoms with E-state index in [1.54, 1.807) is 10.9 Å². The van der Waals surface area contributed by atoms with Gasteiger partial charge >= 0.3 is 5.97 Å². The molecular weight excluding hydrogens is 444 g/mol. The van der Waals surface area contributed by atoms with Gasteiger partial charge in [-0.3, -0.25) is 4.68 Å². The molecule has 2 aliphatic rings. The van der Waals surface area contributed by atoms with Crippen LogP contribution in [0.25, 0.3) is 11.0 Å². The summed E-state index contributed by atoms with van der Waals surface area (Å²) in [6.07, 6.45) is 11.6. The minimum absolute atomic E-state index is 0.466. The number of nitrogens with one attached hydrogen (secondary N) is 2. The summed E-state index contributed by atoms with van der Waals surface area (Å²) >= 11 is 0. The van der Waals surface area contributed by atoms with Gasteiger partial charge in [0.1, 0.15) is 23.7 Å². The molecule has 0 saturated heterocycles. The number of aliphatic carboxylic acids is 1. The van der Waals surface area contributed by atoms with Crippen LogP contribution < -0.4 is 10.6 Å². The van der Waals surface area contributed by atoms with Gasteiger partial charge in [0.2, 0.25) is 0 Å². The van der Waals surface area contributed by atoms with E-state index in [1.165, 1.54) is 31.2 Å². The van der Waals surface area contributed by atoms with E-state index in [1.807, 2.05) is 7.05 Å². The van der Waals surface area contributed by atoms with E-state index >= 15 is 0 Å². The number of hydrogen-bond acceptors (Lipinski definition) is 8. The molecule has 10 heteroatoms. The first-order chi connectivity index (χ1) is 17.1. The first-order valence-electron chi connectivity index (χ1n) is 12.7. The Morgan fingerprint density at radius 2 is 2.17 bits per heavy atom. The summed E-state index contributed by atoms with van der Waals surface area (Å²) in [4.78, 5) is 27.7. The average Bonchev–Trinajstić information content (AvgIpc) is 3.62. The van der Waals surface area contributed by atoms with Gasteiger partial charge in [-0.15, -0.1) is 0 Å². The molecule has 1 saturated carbocycles. The lowest BCUT2D eigenvalue weighted by Gasteiger charge is -2.24. The molecular formula is C25H34N8O2. The van der Waals surface area contributed by atoms with Crippen molar-refractivity contribution in [2.75, 3.05) is 30.3 Å². The predicted octanol–water partition coefficient (Wildman–Crippen LogP) is 2.86. The minimum Gasteiger partial charge on any atom is -0.480 e. The number of aryl methyl sites for hydroxylation is 3. The van der Waals surface area contributed by atoms with E-state index in [4.69, 9.17) is 4.98 Å². The monoisotopic (exact) mass is 478 g/mol. The van der Waals surface area contributed by atoms with E-state index in [0.717, 1.165) is 56.8 Å². The van der Waals surface area contributed by atoms with Crippen molar-refractivity contribution in [1.29, 1.82) is 0 Å². The van der Waals surface area contributed by atoms with Crippen molar-refractivity contribution in [3.05, 3.63) is 35.9 Å². The van der Waals surface area contributed by atoms with Crippen LogP contribution in [-0.2, 0) is 24.7 Å². The van der Waals surface area contributed by atoms with Crippen molar-refractivity contribution in [3.63, 3.8) is 0 Å². The van der Waals surface area contributed by atoms with Gasteiger partial charge in [0.25, 0.3) is 0 Å². The molecule has 5 rings (SSSR count). The number of carboxylic acids is 1. The molecule has 1 unspecified atom stereocenters. The number of carboxylic acid groups (broad SMARTS) is 1. The summed E-state index contributed by atoms with van der Waals surface area (Å²) in [6.45, 7) is 2.74. The Hall–Kier alpha value is -3.27. The lowest BCUT2D eigenvalue weighted by Crippen LogP contribution is -2.36. The molecule has 1 aliphatic carbocycles. The highest BCUT2D eigenvalue weighted by Gasteiger charge is 2.30. The molecule has 0 spiro atoms. The van der Waals surface area contributed by atoms with Crippen LogP contribution in [0.5, 0.6) is 0 Å². The maximum absolute atomic E-state index is 12.0. The second-order valence-electron chi connectivity index (χ2n) is 9.65. The Labute approximate surface area is 205 Å². The molecule has 3 aromatic rings. The summed E-state index contributed by atoms with van der Waals surface area (Å²) in [6, 6.07) is 4.23. The van der Waals surface area contributed by atoms with E-state index in [0.29, 0.717) is 29.3 Å². The fraction of sp³-hybridized carbons (Fsp3) is 0.560. The first-order valence-corrected chi connectivity index (χ1v) is 12.7. The van der Waals surface area contributed by atoms with Crippen LogP contribution in [-0.4, -0.2) is 72.4 Å². The molecule has 1 aliphatic heterocycles. The highest BCUT2D eigenvalue weighted by molar-refractivity contribution is 5.87. The van der Waals surface area contributed by atoms with Gasteiger partial charge in [0.15, 0.2) is 11.3 Å². The molecule has 0 bridgehead atoms. The molecule has 10 nitrogen and oxygen atoms in total. The number of hydrogen-bond donors (Lipinski definition) is 3. The van der Waals surface area contributed by atoms with Crippen LogP contribution in [0.3, 0.4) is 0 Å². The van der Waals surface area contributed by atoms with Crippen LogP contribution in [0.15, 0.2) is 24.7 Å². The number of carbonyl (C=O) groups is 1. The van der Waals surface area contributed by atoms with Crippen molar-refractivity contribution in [2.45, 2.75) is 63.5 Å². The van der Waals surface area contributed by atoms with E-state index in [9.17, 15) is 9.90 Å². The van der Waals surface area contributed by atoms with Crippen molar-refractivity contribution in [3.8, 4) is 0 Å². The molecule has 3 aromatic heterocycles. The zero-order chi connectivity index (χ0) is 24.2. The molecule has 1 atom stereocenters. The molecule has 35 heavy (non-hydrogen) atoms. The molecule has 4 heterocycles. The van der Waals surface area contributed by atoms with Gasteiger partial charge in [0, 0.05) is 31.9 Å². The minimum atomic E-state index is -0.879. The normalized spacial score (nSPS) is 16.2. The Bertz CT molecular complexity index is 1180. The lowest BCUT2D eigenvalue weighted by atomic mass is 10.1. The fourth-order valence-corrected chi connectivity index (χ4v) is 4.82. The number of unbranched alkanes of at least 4 members (excludes halogenated alkanes) is 1. The highest BCUT2D eigenvalue weighted by Crippen LogP contribution is 2.28. The maximum atomic E-state index is 12.0. The summed E-state index contributed by atoms with van der Waals surface area (Å²) in [5, 5.41) is 20.7. The van der Waals surface area contributed by atoms with Crippen LogP contribution in [0.4, 0.5) is 11.6 Å². The van der Waals surface area contributed by atoms with Crippen LogP contribution >= 0.6 is 0 Å². The number of nitrogens with zero attached hydrogens (tertiary/aromatic N) is 6. The Kier molecular flexibility index (Phi) is 7.08. The van der Waals surface area contributed by atoms with Crippen LogP contribution in [0, 0.1) is 0 Å². The number of fused-ring (bicyclic) bond motifs is 2. The van der Waals surface area contributed by atoms with E-state index in [2.05, 4.69) is 42.7 Å². The largest absolute Gasteiger partial charge is 0.480 e. The summed E-state index contributed by atoms with van der Waals surface area (Å²) in [5.41, 5.74) is 3.76. The molecule has 3 N–H and O–H groups in total. The molecule has 0 radical (unpaired) electrons. The van der Waals surface area contributed by atoms with Crippen molar-refractivity contribution in [2.24, 2.45) is 7.05 Å². The van der Waals surface area contributed by atoms with Gasteiger partial charge in [-0.05, 0) is 69.5 Å². The SMILES string of the molecule is Cn1cc2ncnc(NC(CCN(CCCCc3ccc4c(n3)NCCC4)C3CC3)C(=O)O)c2n1. The maximum Gasteiger partial charge on any atom is 0.326 e. The van der Waals surface area contributed by atoms with E-state index < -0.39 is 12.0 Å². The van der Waals surface area contributed by atoms with Gasteiger partial charge < -0.3 is 20.6 Å². The predicted molar refractivity (Wildman–Crippen MR) is 135 cm³/mol. The first kappa shape index (κ1) is 23.5. The molecule has 186 valence electrons. The van der Waals surface area contributed by atoms with Gasteiger partial charge in [-0.2, -0.15) is 5.10 Å². The number of rotatable bonds is 12. The third kappa shape index (κ3) is 5.87. The van der Waals surface area contributed by atoms with Gasteiger partial charge in [-0.25, -0.2) is 19.7 Å².